The first kappa shape index (κ1) is 8.11. The Labute approximate surface area is 78.8 Å². The fraction of sp³-hybridized carbons (Fsp3) is 0.167. The molecule has 0 bridgehead atoms. The van der Waals surface area contributed by atoms with E-state index in [2.05, 4.69) is 43.1 Å². The minimum Gasteiger partial charge on any atom is -0.381 e. The highest BCUT2D eigenvalue weighted by atomic mass is 14.9. The number of allylic oxidation sites excluding steroid dienone is 1. The zero-order valence-corrected chi connectivity index (χ0v) is 7.80. The monoisotopic (exact) mass is 171 g/mol. The Balaban J connectivity index is 2.53. The average Bonchev–Trinajstić information content (AvgIpc) is 2.30. The molecule has 0 radical (unpaired) electrons. The molecule has 1 aromatic rings. The molecule has 0 aromatic heterocycles. The molecule has 1 aliphatic heterocycles. The molecule has 66 valence electrons. The Bertz CT molecular complexity index is 375. The first-order chi connectivity index (χ1) is 6.27. The summed E-state index contributed by atoms with van der Waals surface area (Å²) in [7, 11) is 0. The van der Waals surface area contributed by atoms with E-state index in [0.717, 1.165) is 12.2 Å². The first-order valence-corrected chi connectivity index (χ1v) is 4.47. The fourth-order valence-corrected chi connectivity index (χ4v) is 1.59. The van der Waals surface area contributed by atoms with Crippen molar-refractivity contribution in [3.05, 3.63) is 53.2 Å². The molecule has 0 unspecified atom stereocenters. The minimum absolute atomic E-state index is 0.878. The van der Waals surface area contributed by atoms with Crippen LogP contribution in [0.2, 0.25) is 0 Å². The number of fused-ring (bicyclic) bond motifs is 1. The summed E-state index contributed by atoms with van der Waals surface area (Å²) in [5, 5.41) is 3.25. The lowest BCUT2D eigenvalue weighted by Gasteiger charge is -2.06. The molecule has 0 saturated carbocycles. The Kier molecular flexibility index (Phi) is 1.93. The van der Waals surface area contributed by atoms with Crippen LogP contribution in [0.3, 0.4) is 0 Å². The van der Waals surface area contributed by atoms with Crippen molar-refractivity contribution in [3.8, 4) is 0 Å². The lowest BCUT2D eigenvalue weighted by atomic mass is 10.0. The molecule has 1 heteroatoms. The van der Waals surface area contributed by atoms with Gasteiger partial charge in [0.05, 0.1) is 0 Å². The Hall–Kier alpha value is -1.50. The third kappa shape index (κ3) is 1.50. The quantitative estimate of drug-likeness (QED) is 0.632. The predicted octanol–water partition coefficient (Wildman–Crippen LogP) is 2.63. The third-order valence-electron chi connectivity index (χ3n) is 2.37. The summed E-state index contributed by atoms with van der Waals surface area (Å²) in [5.74, 6) is 0. The number of rotatable bonds is 0. The van der Waals surface area contributed by atoms with Crippen LogP contribution in [-0.2, 0) is 6.54 Å². The maximum Gasteiger partial charge on any atom is 0.0406 e. The molecule has 1 aliphatic rings. The molecule has 1 aromatic carbocycles. The lowest BCUT2D eigenvalue weighted by Crippen LogP contribution is -2.09. The summed E-state index contributed by atoms with van der Waals surface area (Å²) in [5.41, 5.74) is 4.98. The number of nitrogens with one attached hydrogen (secondary N) is 1. The normalized spacial score (nSPS) is 14.7. The highest BCUT2D eigenvalue weighted by Gasteiger charge is 2.05. The van der Waals surface area contributed by atoms with Gasteiger partial charge in [-0.3, -0.25) is 0 Å². The largest absolute Gasteiger partial charge is 0.381 e. The highest BCUT2D eigenvalue weighted by Crippen LogP contribution is 2.19. The van der Waals surface area contributed by atoms with Gasteiger partial charge in [0.25, 0.3) is 0 Å². The van der Waals surface area contributed by atoms with E-state index in [1.807, 2.05) is 6.08 Å². The van der Waals surface area contributed by atoms with E-state index < -0.39 is 0 Å². The zero-order chi connectivity index (χ0) is 9.26. The topological polar surface area (TPSA) is 12.0 Å². The van der Waals surface area contributed by atoms with Gasteiger partial charge >= 0.3 is 0 Å². The van der Waals surface area contributed by atoms with Crippen molar-refractivity contribution < 1.29 is 0 Å². The van der Waals surface area contributed by atoms with E-state index in [1.54, 1.807) is 0 Å². The van der Waals surface area contributed by atoms with Crippen LogP contribution in [0.5, 0.6) is 0 Å². The van der Waals surface area contributed by atoms with Crippen LogP contribution in [-0.4, -0.2) is 0 Å². The van der Waals surface area contributed by atoms with Crippen molar-refractivity contribution in [2.45, 2.75) is 13.5 Å². The summed E-state index contributed by atoms with van der Waals surface area (Å²) in [4.78, 5) is 0. The maximum absolute atomic E-state index is 3.89. The van der Waals surface area contributed by atoms with Crippen LogP contribution in [0.25, 0.3) is 6.08 Å². The second-order valence-corrected chi connectivity index (χ2v) is 3.36. The van der Waals surface area contributed by atoms with E-state index in [0.29, 0.717) is 0 Å². The van der Waals surface area contributed by atoms with Gasteiger partial charge in [-0.25, -0.2) is 0 Å². The van der Waals surface area contributed by atoms with Crippen LogP contribution in [0.1, 0.15) is 16.7 Å². The standard InChI is InChI=1S/C12H13N/c1-9-4-3-5-11-8-13-10(2)6-7-12(9)11/h3-7,13H,2,8H2,1H3. The molecular formula is C12H13N. The molecule has 0 fully saturated rings. The predicted molar refractivity (Wildman–Crippen MR) is 56.2 cm³/mol. The van der Waals surface area contributed by atoms with Crippen LogP contribution in [0.4, 0.5) is 0 Å². The molecule has 0 amide bonds. The first-order valence-electron chi connectivity index (χ1n) is 4.47. The fourth-order valence-electron chi connectivity index (χ4n) is 1.59. The van der Waals surface area contributed by atoms with E-state index in [4.69, 9.17) is 0 Å². The molecule has 0 spiro atoms. The molecule has 0 saturated heterocycles. The number of aryl methyl sites for hydroxylation is 1. The van der Waals surface area contributed by atoms with Crippen LogP contribution in [0.15, 0.2) is 36.6 Å². The molecule has 0 atom stereocenters. The van der Waals surface area contributed by atoms with Gasteiger partial charge in [0, 0.05) is 12.2 Å². The summed E-state index contributed by atoms with van der Waals surface area (Å²) >= 11 is 0. The number of benzene rings is 1. The van der Waals surface area contributed by atoms with Gasteiger partial charge in [-0.05, 0) is 29.7 Å². The van der Waals surface area contributed by atoms with Crippen molar-refractivity contribution in [2.24, 2.45) is 0 Å². The van der Waals surface area contributed by atoms with Gasteiger partial charge in [-0.1, -0.05) is 30.9 Å². The van der Waals surface area contributed by atoms with Crippen molar-refractivity contribution in [2.75, 3.05) is 0 Å². The van der Waals surface area contributed by atoms with Gasteiger partial charge in [0.2, 0.25) is 0 Å². The van der Waals surface area contributed by atoms with Gasteiger partial charge in [0.1, 0.15) is 0 Å². The number of hydrogen-bond donors (Lipinski definition) is 1. The second-order valence-electron chi connectivity index (χ2n) is 3.36. The smallest absolute Gasteiger partial charge is 0.0406 e. The summed E-state index contributed by atoms with van der Waals surface area (Å²) in [6, 6.07) is 6.38. The van der Waals surface area contributed by atoms with Crippen LogP contribution < -0.4 is 5.32 Å². The molecule has 1 N–H and O–H groups in total. The summed E-state index contributed by atoms with van der Waals surface area (Å²) in [6.07, 6.45) is 4.16. The molecule has 1 nitrogen and oxygen atoms in total. The molecular weight excluding hydrogens is 158 g/mol. The number of hydrogen-bond acceptors (Lipinski definition) is 1. The van der Waals surface area contributed by atoms with Crippen molar-refractivity contribution in [1.82, 2.24) is 5.32 Å². The molecule has 1 heterocycles. The highest BCUT2D eigenvalue weighted by molar-refractivity contribution is 5.61. The van der Waals surface area contributed by atoms with Crippen molar-refractivity contribution in [1.29, 1.82) is 0 Å². The Morgan fingerprint density at radius 1 is 1.31 bits per heavy atom. The Morgan fingerprint density at radius 3 is 3.00 bits per heavy atom. The van der Waals surface area contributed by atoms with Gasteiger partial charge in [-0.2, -0.15) is 0 Å². The van der Waals surface area contributed by atoms with Gasteiger partial charge in [-0.15, -0.1) is 0 Å². The Morgan fingerprint density at radius 2 is 2.15 bits per heavy atom. The van der Waals surface area contributed by atoms with Crippen LogP contribution in [0, 0.1) is 6.92 Å². The average molecular weight is 171 g/mol. The van der Waals surface area contributed by atoms with Crippen molar-refractivity contribution in [3.63, 3.8) is 0 Å². The molecule has 13 heavy (non-hydrogen) atoms. The zero-order valence-electron chi connectivity index (χ0n) is 7.80. The third-order valence-corrected chi connectivity index (χ3v) is 2.37. The maximum atomic E-state index is 3.89. The van der Waals surface area contributed by atoms with E-state index in [9.17, 15) is 0 Å². The second kappa shape index (κ2) is 3.09. The summed E-state index contributed by atoms with van der Waals surface area (Å²) in [6.45, 7) is 6.90. The van der Waals surface area contributed by atoms with E-state index in [-0.39, 0.29) is 0 Å². The minimum atomic E-state index is 0.878. The van der Waals surface area contributed by atoms with E-state index >= 15 is 0 Å². The van der Waals surface area contributed by atoms with E-state index in [1.165, 1.54) is 16.7 Å². The van der Waals surface area contributed by atoms with Gasteiger partial charge in [0.15, 0.2) is 0 Å². The van der Waals surface area contributed by atoms with Crippen LogP contribution >= 0.6 is 0 Å². The SMILES string of the molecule is C=C1C=Cc2c(C)cccc2CN1. The van der Waals surface area contributed by atoms with Crippen molar-refractivity contribution >= 4 is 6.08 Å². The van der Waals surface area contributed by atoms with Gasteiger partial charge < -0.3 is 5.32 Å². The summed E-state index contributed by atoms with van der Waals surface area (Å²) < 4.78 is 0. The molecule has 0 aliphatic carbocycles. The molecule has 2 rings (SSSR count). The lowest BCUT2D eigenvalue weighted by molar-refractivity contribution is 0.841.